The van der Waals surface area contributed by atoms with Crippen molar-refractivity contribution in [3.05, 3.63) is 29.3 Å². The Bertz CT molecular complexity index is 392. The molecule has 0 aliphatic rings. The maximum atomic E-state index is 10.3. The number of aliphatic hydroxyl groups is 1. The summed E-state index contributed by atoms with van der Waals surface area (Å²) in [6.45, 7) is 1.93. The van der Waals surface area contributed by atoms with Gasteiger partial charge < -0.3 is 20.3 Å². The van der Waals surface area contributed by atoms with E-state index in [1.54, 1.807) is 19.2 Å². The number of methoxy groups -OCH3 is 1. The molecule has 5 heteroatoms. The van der Waals surface area contributed by atoms with Crippen molar-refractivity contribution in [2.75, 3.05) is 20.2 Å². The molecule has 1 rings (SSSR count). The Labute approximate surface area is 100 Å². The number of aliphatic carboxylic acids is 1. The van der Waals surface area contributed by atoms with Crippen LogP contribution in [0.3, 0.4) is 0 Å². The third-order valence-electron chi connectivity index (χ3n) is 2.42. The normalized spacial score (nSPS) is 12.2. The smallest absolute Gasteiger partial charge is 0.317 e. The first-order chi connectivity index (χ1) is 8.04. The summed E-state index contributed by atoms with van der Waals surface area (Å²) < 4.78 is 5.12. The van der Waals surface area contributed by atoms with Crippen molar-refractivity contribution < 1.29 is 19.7 Å². The SMILES string of the molecule is COc1ccc(C(O)CNCC(=O)O)cc1C. The van der Waals surface area contributed by atoms with E-state index in [1.807, 2.05) is 13.0 Å². The molecule has 3 N–H and O–H groups in total. The molecule has 0 bridgehead atoms. The zero-order valence-corrected chi connectivity index (χ0v) is 9.93. The molecular weight excluding hydrogens is 222 g/mol. The number of ether oxygens (including phenoxy) is 1. The molecule has 1 aromatic rings. The highest BCUT2D eigenvalue weighted by atomic mass is 16.5. The molecule has 5 nitrogen and oxygen atoms in total. The molecule has 1 atom stereocenters. The van der Waals surface area contributed by atoms with Crippen LogP contribution in [-0.4, -0.2) is 36.4 Å². The number of aliphatic hydroxyl groups excluding tert-OH is 1. The summed E-state index contributed by atoms with van der Waals surface area (Å²) in [4.78, 5) is 10.3. The number of carboxylic acids is 1. The Balaban J connectivity index is 2.59. The van der Waals surface area contributed by atoms with Gasteiger partial charge in [0.05, 0.1) is 19.8 Å². The average Bonchev–Trinajstić information content (AvgIpc) is 2.28. The van der Waals surface area contributed by atoms with Crippen LogP contribution in [0.25, 0.3) is 0 Å². The minimum Gasteiger partial charge on any atom is -0.496 e. The van der Waals surface area contributed by atoms with Crippen molar-refractivity contribution in [2.24, 2.45) is 0 Å². The van der Waals surface area contributed by atoms with E-state index in [0.29, 0.717) is 0 Å². The van der Waals surface area contributed by atoms with Gasteiger partial charge in [-0.2, -0.15) is 0 Å². The van der Waals surface area contributed by atoms with E-state index in [1.165, 1.54) is 0 Å². The molecule has 0 fully saturated rings. The second-order valence-corrected chi connectivity index (χ2v) is 3.77. The van der Waals surface area contributed by atoms with Crippen LogP contribution in [0.4, 0.5) is 0 Å². The molecule has 0 saturated carbocycles. The molecule has 94 valence electrons. The highest BCUT2D eigenvalue weighted by Gasteiger charge is 2.09. The molecule has 1 unspecified atom stereocenters. The van der Waals surface area contributed by atoms with E-state index in [4.69, 9.17) is 9.84 Å². The van der Waals surface area contributed by atoms with Gasteiger partial charge in [0, 0.05) is 6.54 Å². The van der Waals surface area contributed by atoms with E-state index in [0.717, 1.165) is 16.9 Å². The maximum absolute atomic E-state index is 10.3. The highest BCUT2D eigenvalue weighted by Crippen LogP contribution is 2.22. The molecule has 1 aromatic carbocycles. The van der Waals surface area contributed by atoms with Crippen molar-refractivity contribution in [1.82, 2.24) is 5.32 Å². The van der Waals surface area contributed by atoms with Crippen molar-refractivity contribution in [1.29, 1.82) is 0 Å². The van der Waals surface area contributed by atoms with Crippen LogP contribution in [-0.2, 0) is 4.79 Å². The molecule has 0 aliphatic carbocycles. The lowest BCUT2D eigenvalue weighted by Gasteiger charge is -2.13. The lowest BCUT2D eigenvalue weighted by molar-refractivity contribution is -0.136. The average molecular weight is 239 g/mol. The Kier molecular flexibility index (Phi) is 4.93. The molecule has 17 heavy (non-hydrogen) atoms. The number of aryl methyl sites for hydroxylation is 1. The monoisotopic (exact) mass is 239 g/mol. The second kappa shape index (κ2) is 6.22. The van der Waals surface area contributed by atoms with E-state index in [-0.39, 0.29) is 13.1 Å². The Morgan fingerprint density at radius 3 is 2.76 bits per heavy atom. The summed E-state index contributed by atoms with van der Waals surface area (Å²) in [5.41, 5.74) is 1.67. The lowest BCUT2D eigenvalue weighted by Crippen LogP contribution is -2.27. The predicted octanol–water partition coefficient (Wildman–Crippen LogP) is 0.711. The molecule has 0 saturated heterocycles. The molecule has 0 aromatic heterocycles. The van der Waals surface area contributed by atoms with E-state index in [2.05, 4.69) is 5.32 Å². The summed E-state index contributed by atoms with van der Waals surface area (Å²) in [7, 11) is 1.59. The minimum absolute atomic E-state index is 0.161. The van der Waals surface area contributed by atoms with Gasteiger partial charge in [-0.3, -0.25) is 4.79 Å². The Morgan fingerprint density at radius 2 is 2.24 bits per heavy atom. The van der Waals surface area contributed by atoms with Crippen LogP contribution in [0.1, 0.15) is 17.2 Å². The number of hydrogen-bond donors (Lipinski definition) is 3. The van der Waals surface area contributed by atoms with Crippen molar-refractivity contribution in [3.63, 3.8) is 0 Å². The summed E-state index contributed by atoms with van der Waals surface area (Å²) >= 11 is 0. The molecule has 0 radical (unpaired) electrons. The third kappa shape index (κ3) is 4.05. The predicted molar refractivity (Wildman–Crippen MR) is 63.2 cm³/mol. The Hall–Kier alpha value is -1.59. The first kappa shape index (κ1) is 13.5. The van der Waals surface area contributed by atoms with Gasteiger partial charge in [0.2, 0.25) is 0 Å². The Morgan fingerprint density at radius 1 is 1.53 bits per heavy atom. The van der Waals surface area contributed by atoms with Gasteiger partial charge in [0.15, 0.2) is 0 Å². The van der Waals surface area contributed by atoms with Crippen molar-refractivity contribution >= 4 is 5.97 Å². The van der Waals surface area contributed by atoms with Gasteiger partial charge in [0.25, 0.3) is 0 Å². The number of rotatable bonds is 6. The molecule has 0 heterocycles. The van der Waals surface area contributed by atoms with Gasteiger partial charge in [-0.15, -0.1) is 0 Å². The van der Waals surface area contributed by atoms with Crippen LogP contribution >= 0.6 is 0 Å². The van der Waals surface area contributed by atoms with E-state index >= 15 is 0 Å². The van der Waals surface area contributed by atoms with Crippen molar-refractivity contribution in [2.45, 2.75) is 13.0 Å². The van der Waals surface area contributed by atoms with E-state index in [9.17, 15) is 9.90 Å². The summed E-state index contributed by atoms with van der Waals surface area (Å²) in [5.74, 6) is -0.178. The molecule has 0 aliphatic heterocycles. The fraction of sp³-hybridized carbons (Fsp3) is 0.417. The summed E-state index contributed by atoms with van der Waals surface area (Å²) in [6.07, 6.45) is -0.723. The highest BCUT2D eigenvalue weighted by molar-refractivity contribution is 5.68. The van der Waals surface area contributed by atoms with Gasteiger partial charge >= 0.3 is 5.97 Å². The van der Waals surface area contributed by atoms with Gasteiger partial charge in [-0.25, -0.2) is 0 Å². The fourth-order valence-corrected chi connectivity index (χ4v) is 1.54. The number of carbonyl (C=O) groups is 1. The van der Waals surface area contributed by atoms with Crippen LogP contribution in [0.15, 0.2) is 18.2 Å². The first-order valence-electron chi connectivity index (χ1n) is 5.29. The quantitative estimate of drug-likeness (QED) is 0.681. The van der Waals surface area contributed by atoms with E-state index < -0.39 is 12.1 Å². The number of carboxylic acid groups (broad SMARTS) is 1. The van der Waals surface area contributed by atoms with Crippen LogP contribution in [0, 0.1) is 6.92 Å². The summed E-state index contributed by atoms with van der Waals surface area (Å²) in [6, 6.07) is 5.37. The standard InChI is InChI=1S/C12H17NO4/c1-8-5-9(3-4-11(8)17-2)10(14)6-13-7-12(15)16/h3-5,10,13-14H,6-7H2,1-2H3,(H,15,16). The molecule has 0 amide bonds. The van der Waals surface area contributed by atoms with Crippen molar-refractivity contribution in [3.8, 4) is 5.75 Å². The summed E-state index contributed by atoms with van der Waals surface area (Å²) in [5, 5.41) is 20.9. The largest absolute Gasteiger partial charge is 0.496 e. The number of nitrogens with one attached hydrogen (secondary N) is 1. The third-order valence-corrected chi connectivity index (χ3v) is 2.42. The first-order valence-corrected chi connectivity index (χ1v) is 5.29. The molecular formula is C12H17NO4. The molecule has 0 spiro atoms. The number of hydrogen-bond acceptors (Lipinski definition) is 4. The van der Waals surface area contributed by atoms with Crippen LogP contribution in [0.5, 0.6) is 5.75 Å². The number of benzene rings is 1. The van der Waals surface area contributed by atoms with Gasteiger partial charge in [0.1, 0.15) is 5.75 Å². The lowest BCUT2D eigenvalue weighted by atomic mass is 10.1. The fourth-order valence-electron chi connectivity index (χ4n) is 1.54. The van der Waals surface area contributed by atoms with Crippen LogP contribution < -0.4 is 10.1 Å². The van der Waals surface area contributed by atoms with Gasteiger partial charge in [-0.1, -0.05) is 6.07 Å². The van der Waals surface area contributed by atoms with Crippen LogP contribution in [0.2, 0.25) is 0 Å². The zero-order chi connectivity index (χ0) is 12.8. The second-order valence-electron chi connectivity index (χ2n) is 3.77. The maximum Gasteiger partial charge on any atom is 0.317 e. The zero-order valence-electron chi connectivity index (χ0n) is 9.93. The van der Waals surface area contributed by atoms with Gasteiger partial charge in [-0.05, 0) is 30.2 Å². The minimum atomic E-state index is -0.942. The topological polar surface area (TPSA) is 78.8 Å².